The fourth-order valence-corrected chi connectivity index (χ4v) is 2.86. The topological polar surface area (TPSA) is 52.4 Å². The van der Waals surface area contributed by atoms with E-state index < -0.39 is 0 Å². The van der Waals surface area contributed by atoms with Gasteiger partial charge in [0.25, 0.3) is 5.69 Å². The number of fused-ring (bicyclic) bond motifs is 1. The lowest BCUT2D eigenvalue weighted by atomic mass is 9.91. The summed E-state index contributed by atoms with van der Waals surface area (Å²) < 4.78 is 5.60. The summed E-state index contributed by atoms with van der Waals surface area (Å²) >= 11 is 3.41. The molecule has 0 aromatic heterocycles. The van der Waals surface area contributed by atoms with Crippen molar-refractivity contribution in [1.29, 1.82) is 0 Å². The fourth-order valence-electron chi connectivity index (χ4n) is 2.30. The van der Waals surface area contributed by atoms with Crippen molar-refractivity contribution in [2.24, 2.45) is 0 Å². The summed E-state index contributed by atoms with van der Waals surface area (Å²) in [6.07, 6.45) is 2.80. The molecule has 1 atom stereocenters. The van der Waals surface area contributed by atoms with E-state index in [-0.39, 0.29) is 16.5 Å². The van der Waals surface area contributed by atoms with E-state index in [1.165, 1.54) is 0 Å². The summed E-state index contributed by atoms with van der Waals surface area (Å²) in [6.45, 7) is 0.646. The number of nitro benzene ring substituents is 1. The number of halogens is 1. The van der Waals surface area contributed by atoms with Gasteiger partial charge in [0.2, 0.25) is 0 Å². The highest BCUT2D eigenvalue weighted by atomic mass is 79.9. The minimum absolute atomic E-state index is 0.190. The van der Waals surface area contributed by atoms with E-state index >= 15 is 0 Å². The second kappa shape index (κ2) is 5.49. The lowest BCUT2D eigenvalue weighted by Gasteiger charge is -2.15. The second-order valence-electron chi connectivity index (χ2n) is 4.11. The first-order valence-electron chi connectivity index (χ1n) is 5.70. The molecule has 5 heteroatoms. The highest BCUT2D eigenvalue weighted by Crippen LogP contribution is 2.41. The van der Waals surface area contributed by atoms with Crippen LogP contribution in [0.15, 0.2) is 18.2 Å². The van der Waals surface area contributed by atoms with Gasteiger partial charge in [-0.3, -0.25) is 10.1 Å². The molecule has 17 heavy (non-hydrogen) atoms. The molecule has 1 heterocycles. The van der Waals surface area contributed by atoms with Crippen molar-refractivity contribution in [3.63, 3.8) is 0 Å². The molecule has 0 saturated carbocycles. The zero-order valence-electron chi connectivity index (χ0n) is 9.39. The summed E-state index contributed by atoms with van der Waals surface area (Å²) in [5, 5.41) is 11.9. The lowest BCUT2D eigenvalue weighted by molar-refractivity contribution is -0.385. The molecule has 1 aliphatic rings. The van der Waals surface area contributed by atoms with Crippen LogP contribution in [-0.4, -0.2) is 16.9 Å². The summed E-state index contributed by atoms with van der Waals surface area (Å²) in [5.41, 5.74) is 0.963. The first-order chi connectivity index (χ1) is 8.24. The standard InChI is InChI=1S/C12H14BrNO3/c13-7-6-9-3-2-8-17-11-5-1-4-10(12(9)11)14(15)16/h1,4-5,9H,2-3,6-8H2. The average Bonchev–Trinajstić information content (AvgIpc) is 2.52. The first kappa shape index (κ1) is 12.4. The van der Waals surface area contributed by atoms with Crippen molar-refractivity contribution in [3.05, 3.63) is 33.9 Å². The number of ether oxygens (including phenoxy) is 1. The zero-order chi connectivity index (χ0) is 12.3. The van der Waals surface area contributed by atoms with E-state index in [0.29, 0.717) is 12.4 Å². The van der Waals surface area contributed by atoms with Crippen molar-refractivity contribution >= 4 is 21.6 Å². The van der Waals surface area contributed by atoms with Crippen LogP contribution >= 0.6 is 15.9 Å². The molecular weight excluding hydrogens is 286 g/mol. The predicted octanol–water partition coefficient (Wildman–Crippen LogP) is 3.64. The molecule has 1 aromatic rings. The van der Waals surface area contributed by atoms with E-state index in [4.69, 9.17) is 4.74 Å². The quantitative estimate of drug-likeness (QED) is 0.486. The van der Waals surface area contributed by atoms with Crippen molar-refractivity contribution in [1.82, 2.24) is 0 Å². The Morgan fingerprint density at radius 2 is 2.35 bits per heavy atom. The van der Waals surface area contributed by atoms with Gasteiger partial charge in [-0.25, -0.2) is 0 Å². The van der Waals surface area contributed by atoms with E-state index in [0.717, 1.165) is 30.2 Å². The molecule has 1 unspecified atom stereocenters. The van der Waals surface area contributed by atoms with Gasteiger partial charge in [0.15, 0.2) is 0 Å². The number of nitro groups is 1. The van der Waals surface area contributed by atoms with Gasteiger partial charge in [0, 0.05) is 11.4 Å². The van der Waals surface area contributed by atoms with Crippen molar-refractivity contribution in [2.45, 2.75) is 25.2 Å². The molecule has 0 amide bonds. The van der Waals surface area contributed by atoms with Crippen molar-refractivity contribution < 1.29 is 9.66 Å². The number of hydrogen-bond donors (Lipinski definition) is 0. The summed E-state index contributed by atoms with van der Waals surface area (Å²) in [5.74, 6) is 0.899. The number of benzene rings is 1. The molecular formula is C12H14BrNO3. The normalized spacial score (nSPS) is 19.0. The summed E-state index contributed by atoms with van der Waals surface area (Å²) in [7, 11) is 0. The molecule has 0 radical (unpaired) electrons. The third-order valence-corrected chi connectivity index (χ3v) is 3.52. The van der Waals surface area contributed by atoms with Crippen LogP contribution in [0.25, 0.3) is 0 Å². The van der Waals surface area contributed by atoms with Gasteiger partial charge in [-0.15, -0.1) is 0 Å². The van der Waals surface area contributed by atoms with Gasteiger partial charge < -0.3 is 4.74 Å². The van der Waals surface area contributed by atoms with Gasteiger partial charge in [-0.05, 0) is 31.2 Å². The molecule has 0 N–H and O–H groups in total. The van der Waals surface area contributed by atoms with E-state index in [2.05, 4.69) is 15.9 Å². The molecule has 92 valence electrons. The van der Waals surface area contributed by atoms with E-state index in [1.807, 2.05) is 6.07 Å². The van der Waals surface area contributed by atoms with E-state index in [1.54, 1.807) is 12.1 Å². The maximum Gasteiger partial charge on any atom is 0.276 e. The Morgan fingerprint density at radius 1 is 1.53 bits per heavy atom. The van der Waals surface area contributed by atoms with Crippen molar-refractivity contribution in [2.75, 3.05) is 11.9 Å². The van der Waals surface area contributed by atoms with Crippen LogP contribution in [0, 0.1) is 10.1 Å². The number of alkyl halides is 1. The summed E-state index contributed by atoms with van der Waals surface area (Å²) in [4.78, 5) is 10.8. The number of nitrogens with zero attached hydrogens (tertiary/aromatic N) is 1. The first-order valence-corrected chi connectivity index (χ1v) is 6.82. The second-order valence-corrected chi connectivity index (χ2v) is 4.90. The van der Waals surface area contributed by atoms with Gasteiger partial charge in [0.1, 0.15) is 5.75 Å². The Bertz CT molecular complexity index is 422. The molecule has 0 spiro atoms. The van der Waals surface area contributed by atoms with Crippen LogP contribution in [0.2, 0.25) is 0 Å². The van der Waals surface area contributed by atoms with Crippen LogP contribution in [-0.2, 0) is 0 Å². The predicted molar refractivity (Wildman–Crippen MR) is 69.0 cm³/mol. The lowest BCUT2D eigenvalue weighted by Crippen LogP contribution is -2.03. The van der Waals surface area contributed by atoms with Crippen LogP contribution in [0.4, 0.5) is 5.69 Å². The van der Waals surface area contributed by atoms with E-state index in [9.17, 15) is 10.1 Å². The van der Waals surface area contributed by atoms with Crippen LogP contribution in [0.1, 0.15) is 30.7 Å². The number of hydrogen-bond acceptors (Lipinski definition) is 3. The van der Waals surface area contributed by atoms with Crippen LogP contribution in [0.5, 0.6) is 5.75 Å². The van der Waals surface area contributed by atoms with Gasteiger partial charge in [-0.1, -0.05) is 22.0 Å². The molecule has 0 aliphatic carbocycles. The Labute approximate surface area is 108 Å². The minimum atomic E-state index is -0.311. The van der Waals surface area contributed by atoms with Gasteiger partial charge in [0.05, 0.1) is 17.1 Å². The summed E-state index contributed by atoms with van der Waals surface area (Å²) in [6, 6.07) is 5.08. The highest BCUT2D eigenvalue weighted by Gasteiger charge is 2.27. The fraction of sp³-hybridized carbons (Fsp3) is 0.500. The number of rotatable bonds is 3. The third-order valence-electron chi connectivity index (χ3n) is 3.06. The van der Waals surface area contributed by atoms with Gasteiger partial charge >= 0.3 is 0 Å². The maximum atomic E-state index is 11.1. The Balaban J connectivity index is 2.48. The maximum absolute atomic E-state index is 11.1. The Kier molecular flexibility index (Phi) is 3.99. The SMILES string of the molecule is O=[N+]([O-])c1cccc2c1C(CCBr)CCCO2. The largest absolute Gasteiger partial charge is 0.493 e. The minimum Gasteiger partial charge on any atom is -0.493 e. The molecule has 0 fully saturated rings. The zero-order valence-corrected chi connectivity index (χ0v) is 11.0. The Morgan fingerprint density at radius 3 is 3.06 bits per heavy atom. The van der Waals surface area contributed by atoms with Crippen molar-refractivity contribution in [3.8, 4) is 5.75 Å². The molecule has 2 rings (SSSR count). The molecule has 1 aliphatic heterocycles. The smallest absolute Gasteiger partial charge is 0.276 e. The molecule has 4 nitrogen and oxygen atoms in total. The van der Waals surface area contributed by atoms with Gasteiger partial charge in [-0.2, -0.15) is 0 Å². The van der Waals surface area contributed by atoms with Crippen LogP contribution < -0.4 is 4.74 Å². The van der Waals surface area contributed by atoms with Crippen LogP contribution in [0.3, 0.4) is 0 Å². The molecule has 0 saturated heterocycles. The average molecular weight is 300 g/mol. The Hall–Kier alpha value is -1.10. The molecule has 0 bridgehead atoms. The monoisotopic (exact) mass is 299 g/mol. The third kappa shape index (κ3) is 2.60. The highest BCUT2D eigenvalue weighted by molar-refractivity contribution is 9.09. The molecule has 1 aromatic carbocycles.